The van der Waals surface area contributed by atoms with Gasteiger partial charge in [0.15, 0.2) is 28.8 Å². The topological polar surface area (TPSA) is 194 Å². The van der Waals surface area contributed by atoms with Crippen molar-refractivity contribution in [1.29, 1.82) is 0 Å². The number of nitrogens with one attached hydrogen (secondary N) is 2. The summed E-state index contributed by atoms with van der Waals surface area (Å²) in [5.74, 6) is 0.134. The molecule has 11 rings (SSSR count). The summed E-state index contributed by atoms with van der Waals surface area (Å²) in [5.41, 5.74) is 5.95. The van der Waals surface area contributed by atoms with Crippen LogP contribution in [0.3, 0.4) is 0 Å². The van der Waals surface area contributed by atoms with Gasteiger partial charge in [0.05, 0.1) is 36.6 Å². The number of aliphatic hydroxyl groups is 3. The summed E-state index contributed by atoms with van der Waals surface area (Å²) >= 11 is 0. The van der Waals surface area contributed by atoms with Crippen LogP contribution >= 0.6 is 43.2 Å². The lowest BCUT2D eigenvalue weighted by atomic mass is 9.52. The number of benzene rings is 5. The molecule has 0 spiro atoms. The van der Waals surface area contributed by atoms with Gasteiger partial charge < -0.3 is 55.2 Å². The van der Waals surface area contributed by atoms with Crippen molar-refractivity contribution >= 4 is 59.7 Å². The van der Waals surface area contributed by atoms with Gasteiger partial charge in [0.25, 0.3) is 0 Å². The van der Waals surface area contributed by atoms with Gasteiger partial charge in [-0.2, -0.15) is 0 Å². The molecule has 2 aliphatic heterocycles. The van der Waals surface area contributed by atoms with Gasteiger partial charge in [-0.15, -0.1) is 0 Å². The van der Waals surface area contributed by atoms with Crippen molar-refractivity contribution in [3.63, 3.8) is 0 Å². The van der Waals surface area contributed by atoms with Gasteiger partial charge in [-0.1, -0.05) is 118 Å². The van der Waals surface area contributed by atoms with Gasteiger partial charge in [0.1, 0.15) is 11.9 Å². The molecule has 12 nitrogen and oxygen atoms in total. The molecule has 450 valence electrons. The predicted octanol–water partition coefficient (Wildman–Crippen LogP) is 12.8. The molecule has 0 saturated heterocycles. The molecule has 0 radical (unpaired) electrons. The fourth-order valence-corrected chi connectivity index (χ4v) is 20.9. The minimum absolute atomic E-state index is 0.000755. The first-order valence-corrected chi connectivity index (χ1v) is 35.4. The molecular weight excluding hydrogens is 1130 g/mol. The van der Waals surface area contributed by atoms with Crippen molar-refractivity contribution in [3.8, 4) is 28.7 Å². The fraction of sp³-hybridized carbons (Fsp3) is 0.515. The number of carbonyl (C=O) groups is 1. The molecule has 8 N–H and O–H groups in total. The number of phenols is 3. The van der Waals surface area contributed by atoms with E-state index in [1.165, 1.54) is 32.1 Å². The molecule has 11 atom stereocenters. The van der Waals surface area contributed by atoms with Crippen LogP contribution in [0.4, 0.5) is 0 Å². The molecule has 1 aromatic heterocycles. The zero-order valence-corrected chi connectivity index (χ0v) is 51.9. The second kappa shape index (κ2) is 27.7. The molecule has 3 aliphatic carbocycles. The highest BCUT2D eigenvalue weighted by molar-refractivity contribution is 8.77. The summed E-state index contributed by atoms with van der Waals surface area (Å²) in [6.45, 7) is 3.86. The smallest absolute Gasteiger partial charge is 0.164 e. The zero-order chi connectivity index (χ0) is 58.5. The van der Waals surface area contributed by atoms with Gasteiger partial charge in [0.2, 0.25) is 0 Å². The van der Waals surface area contributed by atoms with E-state index in [1.807, 2.05) is 55.8 Å². The van der Waals surface area contributed by atoms with Crippen LogP contribution in [0.1, 0.15) is 126 Å². The number of fused-ring (bicyclic) bond motifs is 5. The minimum Gasteiger partial charge on any atom is -0.508 e. The van der Waals surface area contributed by atoms with Crippen LogP contribution in [-0.2, 0) is 47.2 Å². The van der Waals surface area contributed by atoms with Crippen LogP contribution in [0, 0.1) is 35.5 Å². The number of ether oxygens (including phenoxy) is 3. The molecule has 5 aromatic carbocycles. The molecule has 0 unspecified atom stereocenters. The van der Waals surface area contributed by atoms with Crippen LogP contribution < -0.4 is 14.8 Å². The van der Waals surface area contributed by atoms with E-state index in [0.29, 0.717) is 78.4 Å². The molecule has 84 heavy (non-hydrogen) atoms. The number of aliphatic hydroxyl groups excluding tert-OH is 3. The number of Topliss-reactive ketones (excluding diaryl/α,β-unsaturated/α-hetero) is 1. The first kappa shape index (κ1) is 61.2. The highest BCUT2D eigenvalue weighted by atomic mass is 33.1. The molecule has 0 amide bonds. The Bertz CT molecular complexity index is 3210. The Morgan fingerprint density at radius 1 is 0.810 bits per heavy atom. The number of aryl methyl sites for hydroxylation is 1. The third-order valence-electron chi connectivity index (χ3n) is 19.4. The first-order chi connectivity index (χ1) is 40.9. The van der Waals surface area contributed by atoms with E-state index in [1.54, 1.807) is 74.6 Å². The zero-order valence-electron chi connectivity index (χ0n) is 48.7. The number of aromatic hydroxyl groups is 3. The van der Waals surface area contributed by atoms with Crippen LogP contribution in [0.15, 0.2) is 97.3 Å². The van der Waals surface area contributed by atoms with E-state index >= 15 is 4.79 Å². The van der Waals surface area contributed by atoms with Gasteiger partial charge >= 0.3 is 0 Å². The maximum atomic E-state index is 17.4. The van der Waals surface area contributed by atoms with E-state index in [4.69, 9.17) is 14.2 Å². The van der Waals surface area contributed by atoms with Gasteiger partial charge in [-0.3, -0.25) is 4.79 Å². The summed E-state index contributed by atoms with van der Waals surface area (Å²) in [5, 5.41) is 79.1. The minimum atomic E-state index is -1.74. The van der Waals surface area contributed by atoms with Crippen molar-refractivity contribution in [2.24, 2.45) is 35.5 Å². The average Bonchev–Trinajstić information content (AvgIpc) is 0.879. The molecular formula is C68H84N2O10S4. The van der Waals surface area contributed by atoms with Crippen LogP contribution in [0.5, 0.6) is 28.7 Å². The molecule has 3 saturated carbocycles. The Balaban J connectivity index is 1.04. The van der Waals surface area contributed by atoms with Crippen molar-refractivity contribution in [2.75, 3.05) is 51.2 Å². The largest absolute Gasteiger partial charge is 0.508 e. The summed E-state index contributed by atoms with van der Waals surface area (Å²) in [4.78, 5) is 20.6. The summed E-state index contributed by atoms with van der Waals surface area (Å²) in [6, 6.07) is 26.8. The Morgan fingerprint density at radius 2 is 1.62 bits per heavy atom. The number of carbonyl (C=O) groups excluding carboxylic acids is 1. The summed E-state index contributed by atoms with van der Waals surface area (Å²) in [7, 11) is 9.94. The fourth-order valence-electron chi connectivity index (χ4n) is 15.1. The SMILES string of the molecule is CCc1ccc2cccc3c2c1Cc1c(ccc(O)c1OC)C[C@@H](Cc1cc[nH]c1)[C@H](O)[C@@H]1C(=O)[C@@](c2cc(O)cc(CNC)c2)([C@@H]2CSSC[C@H]4CC[C@H](COCC5CCCCC5)C[C@@H]4Oc4cc2ccc4O)[C@H](O)C[C@H]1CSS[C@H]3CO. The Labute approximate surface area is 511 Å². The van der Waals surface area contributed by atoms with Crippen molar-refractivity contribution in [3.05, 3.63) is 147 Å². The third kappa shape index (κ3) is 12.8. The van der Waals surface area contributed by atoms with E-state index in [-0.39, 0.29) is 53.3 Å². The Hall–Kier alpha value is -4.49. The number of aromatic amines is 1. The summed E-state index contributed by atoms with van der Waals surface area (Å²) in [6.07, 6.45) is 12.2. The first-order valence-electron chi connectivity index (χ1n) is 30.5. The van der Waals surface area contributed by atoms with E-state index in [2.05, 4.69) is 41.5 Å². The molecule has 3 heterocycles. The standard InChI is InChI=1S/C68H84N2O10S4/c1-4-44-15-16-45-11-8-12-53-61(34-71)84-83-38-50-29-62(75)68(51-24-43(32-69-2)25-52(72)30-51,67(77)64(50)65(76)49(23-41-21-22-70-33-41)27-46-17-20-58(74)66(78-3)55(46)31-54(44)63(45)53)56-39-82-81-37-48-14-13-42(36-79-35-40-9-6-5-7-10-40)26-59(48)80-60-28-47(56)18-19-57(60)73/h8,11-12,15-22,24-25,28,30,33,40,42,48-50,56,59,61-62,64-65,69-76H,4-7,9-10,13-14,23,26-27,29,31-32,34-39H2,1-3H3/t42-,48+,49+,50-,56+,59-,61-,62+,64+,65-,68-/m0/s1. The van der Waals surface area contributed by atoms with E-state index in [0.717, 1.165) is 87.8 Å². The Morgan fingerprint density at radius 3 is 2.40 bits per heavy atom. The van der Waals surface area contributed by atoms with E-state index in [9.17, 15) is 30.6 Å². The molecule has 6 aromatic rings. The van der Waals surface area contributed by atoms with Crippen molar-refractivity contribution < 1.29 is 49.6 Å². The van der Waals surface area contributed by atoms with Crippen molar-refractivity contribution in [1.82, 2.24) is 10.3 Å². The van der Waals surface area contributed by atoms with Crippen LogP contribution in [0.2, 0.25) is 0 Å². The highest BCUT2D eigenvalue weighted by Crippen LogP contribution is 2.57. The van der Waals surface area contributed by atoms with Crippen molar-refractivity contribution in [2.45, 2.75) is 132 Å². The maximum absolute atomic E-state index is 17.4. The van der Waals surface area contributed by atoms with Gasteiger partial charge in [-0.25, -0.2) is 0 Å². The number of hydrogen-bond acceptors (Lipinski definition) is 15. The van der Waals surface area contributed by atoms with Crippen LogP contribution in [-0.4, -0.2) is 111 Å². The highest BCUT2D eigenvalue weighted by Gasteiger charge is 2.61. The van der Waals surface area contributed by atoms with E-state index < -0.39 is 41.3 Å². The average molecular weight is 1220 g/mol. The molecule has 3 fully saturated rings. The number of phenolic OH excluding ortho intramolecular Hbond substituents is 3. The predicted molar refractivity (Wildman–Crippen MR) is 342 cm³/mol. The number of methoxy groups -OCH3 is 1. The second-order valence-electron chi connectivity index (χ2n) is 24.5. The number of aromatic nitrogens is 1. The lowest BCUT2D eigenvalue weighted by Crippen LogP contribution is -2.62. The normalized spacial score (nSPS) is 28.1. The molecule has 2 bridgehead atoms. The number of H-pyrrole nitrogens is 1. The van der Waals surface area contributed by atoms with Crippen LogP contribution in [0.25, 0.3) is 10.8 Å². The molecule has 16 heteroatoms. The lowest BCUT2D eigenvalue weighted by Gasteiger charge is -2.52. The molecule has 5 aliphatic rings. The monoisotopic (exact) mass is 1220 g/mol. The Kier molecular flexibility index (Phi) is 20.2. The maximum Gasteiger partial charge on any atom is 0.164 e. The second-order valence-corrected chi connectivity index (χ2v) is 29.7. The third-order valence-corrected chi connectivity index (χ3v) is 24.8. The number of rotatable bonds is 13. The van der Waals surface area contributed by atoms with Gasteiger partial charge in [-0.05, 0) is 180 Å². The quantitative estimate of drug-likeness (QED) is 0.0509. The summed E-state index contributed by atoms with van der Waals surface area (Å²) < 4.78 is 19.6. The number of ketones is 1. The lowest BCUT2D eigenvalue weighted by molar-refractivity contribution is -0.150. The number of hydrogen-bond donors (Lipinski definition) is 8. The van der Waals surface area contributed by atoms with Gasteiger partial charge in [0, 0.05) is 79.1 Å².